The summed E-state index contributed by atoms with van der Waals surface area (Å²) in [6.07, 6.45) is 4.03. The molecule has 2 rings (SSSR count). The second-order valence-corrected chi connectivity index (χ2v) is 7.02. The van der Waals surface area contributed by atoms with Gasteiger partial charge >= 0.3 is 0 Å². The number of aryl methyl sites for hydroxylation is 2. The van der Waals surface area contributed by atoms with E-state index in [1.54, 1.807) is 0 Å². The van der Waals surface area contributed by atoms with Gasteiger partial charge in [-0.1, -0.05) is 6.92 Å². The summed E-state index contributed by atoms with van der Waals surface area (Å²) >= 11 is 0. The summed E-state index contributed by atoms with van der Waals surface area (Å²) in [5.74, 6) is 2.14. The molecular formula is C12H19N3O2S. The van der Waals surface area contributed by atoms with Crippen molar-refractivity contribution in [3.05, 3.63) is 17.6 Å². The Kier molecular flexibility index (Phi) is 3.85. The average molecular weight is 269 g/mol. The van der Waals surface area contributed by atoms with Crippen molar-refractivity contribution in [1.82, 2.24) is 9.97 Å². The third-order valence-electron chi connectivity index (χ3n) is 3.26. The maximum Gasteiger partial charge on any atom is 0.150 e. The number of nitrogens with one attached hydrogen (secondary N) is 1. The number of aromatic nitrogens is 2. The molecule has 1 fully saturated rings. The standard InChI is InChI=1S/C12H19N3O2S/c1-3-10-8-13-9(2)14-12(10)15-11-4-6-18(16,17)7-5-11/h8,11H,3-7H2,1-2H3,(H,13,14,15). The van der Waals surface area contributed by atoms with Crippen LogP contribution >= 0.6 is 0 Å². The lowest BCUT2D eigenvalue weighted by Crippen LogP contribution is -2.32. The van der Waals surface area contributed by atoms with Crippen LogP contribution in [-0.2, 0) is 16.3 Å². The highest BCUT2D eigenvalue weighted by Crippen LogP contribution is 2.19. The van der Waals surface area contributed by atoms with Crippen LogP contribution in [0, 0.1) is 6.92 Å². The van der Waals surface area contributed by atoms with E-state index in [0.717, 1.165) is 23.6 Å². The highest BCUT2D eigenvalue weighted by atomic mass is 32.2. The monoisotopic (exact) mass is 269 g/mol. The van der Waals surface area contributed by atoms with Gasteiger partial charge in [0.1, 0.15) is 21.5 Å². The summed E-state index contributed by atoms with van der Waals surface area (Å²) in [4.78, 5) is 8.58. The molecule has 1 N–H and O–H groups in total. The normalized spacial score (nSPS) is 19.7. The van der Waals surface area contributed by atoms with Gasteiger partial charge in [-0.05, 0) is 26.2 Å². The van der Waals surface area contributed by atoms with Crippen LogP contribution in [-0.4, -0.2) is 35.9 Å². The molecule has 1 aliphatic rings. The van der Waals surface area contributed by atoms with Crippen molar-refractivity contribution in [2.45, 2.75) is 39.2 Å². The van der Waals surface area contributed by atoms with E-state index < -0.39 is 9.84 Å². The SMILES string of the molecule is CCc1cnc(C)nc1NC1CCS(=O)(=O)CC1. The van der Waals surface area contributed by atoms with Crippen LogP contribution in [0.15, 0.2) is 6.20 Å². The van der Waals surface area contributed by atoms with Crippen molar-refractivity contribution in [3.63, 3.8) is 0 Å². The lowest BCUT2D eigenvalue weighted by atomic mass is 10.1. The lowest BCUT2D eigenvalue weighted by molar-refractivity contribution is 0.558. The second kappa shape index (κ2) is 5.22. The lowest BCUT2D eigenvalue weighted by Gasteiger charge is -2.24. The van der Waals surface area contributed by atoms with Gasteiger partial charge in [0, 0.05) is 17.8 Å². The molecule has 2 heterocycles. The van der Waals surface area contributed by atoms with Gasteiger partial charge in [0.2, 0.25) is 0 Å². The first kappa shape index (κ1) is 13.3. The van der Waals surface area contributed by atoms with Crippen molar-refractivity contribution in [1.29, 1.82) is 0 Å². The summed E-state index contributed by atoms with van der Waals surface area (Å²) in [5.41, 5.74) is 1.08. The summed E-state index contributed by atoms with van der Waals surface area (Å²) in [6.45, 7) is 3.92. The average Bonchev–Trinajstić information content (AvgIpc) is 2.32. The molecule has 0 radical (unpaired) electrons. The van der Waals surface area contributed by atoms with Crippen LogP contribution in [0.25, 0.3) is 0 Å². The third kappa shape index (κ3) is 3.19. The summed E-state index contributed by atoms with van der Waals surface area (Å²) in [7, 11) is -2.80. The molecule has 0 amide bonds. The van der Waals surface area contributed by atoms with Gasteiger partial charge in [0.05, 0.1) is 11.5 Å². The highest BCUT2D eigenvalue weighted by molar-refractivity contribution is 7.91. The Balaban J connectivity index is 2.08. The minimum atomic E-state index is -2.80. The fraction of sp³-hybridized carbons (Fsp3) is 0.667. The maximum absolute atomic E-state index is 11.4. The molecule has 0 atom stereocenters. The van der Waals surface area contributed by atoms with Crippen LogP contribution < -0.4 is 5.32 Å². The van der Waals surface area contributed by atoms with Gasteiger partial charge < -0.3 is 5.32 Å². The number of hydrogen-bond donors (Lipinski definition) is 1. The quantitative estimate of drug-likeness (QED) is 0.896. The molecule has 18 heavy (non-hydrogen) atoms. The number of sulfone groups is 1. The first-order valence-corrected chi connectivity index (χ1v) is 8.12. The van der Waals surface area contributed by atoms with Crippen LogP contribution in [0.3, 0.4) is 0 Å². The van der Waals surface area contributed by atoms with Gasteiger partial charge in [-0.25, -0.2) is 18.4 Å². The van der Waals surface area contributed by atoms with E-state index in [-0.39, 0.29) is 17.5 Å². The van der Waals surface area contributed by atoms with E-state index >= 15 is 0 Å². The van der Waals surface area contributed by atoms with Gasteiger partial charge in [-0.2, -0.15) is 0 Å². The summed E-state index contributed by atoms with van der Waals surface area (Å²) in [5, 5.41) is 3.36. The van der Waals surface area contributed by atoms with Crippen molar-refractivity contribution in [2.24, 2.45) is 0 Å². The van der Waals surface area contributed by atoms with E-state index in [4.69, 9.17) is 0 Å². The van der Waals surface area contributed by atoms with E-state index in [0.29, 0.717) is 12.8 Å². The second-order valence-electron chi connectivity index (χ2n) is 4.72. The molecule has 1 aromatic heterocycles. The molecule has 0 bridgehead atoms. The zero-order valence-electron chi connectivity index (χ0n) is 10.8. The summed E-state index contributed by atoms with van der Waals surface area (Å²) < 4.78 is 22.7. The van der Waals surface area contributed by atoms with Crippen LogP contribution in [0.4, 0.5) is 5.82 Å². The van der Waals surface area contributed by atoms with Gasteiger partial charge in [0.15, 0.2) is 0 Å². The predicted octanol–water partition coefficient (Wildman–Crippen LogP) is 1.34. The molecule has 0 spiro atoms. The molecule has 0 unspecified atom stereocenters. The fourth-order valence-electron chi connectivity index (χ4n) is 2.11. The Bertz CT molecular complexity index is 514. The molecule has 100 valence electrons. The molecule has 6 heteroatoms. The topological polar surface area (TPSA) is 72.0 Å². The van der Waals surface area contributed by atoms with Crippen LogP contribution in [0.5, 0.6) is 0 Å². The smallest absolute Gasteiger partial charge is 0.150 e. The largest absolute Gasteiger partial charge is 0.367 e. The Hall–Kier alpha value is -1.17. The first-order chi connectivity index (χ1) is 8.50. The summed E-state index contributed by atoms with van der Waals surface area (Å²) in [6, 6.07) is 0.202. The van der Waals surface area contributed by atoms with Gasteiger partial charge in [-0.3, -0.25) is 0 Å². The Morgan fingerprint density at radius 3 is 2.67 bits per heavy atom. The first-order valence-electron chi connectivity index (χ1n) is 6.29. The molecule has 1 aromatic rings. The van der Waals surface area contributed by atoms with Gasteiger partial charge in [-0.15, -0.1) is 0 Å². The van der Waals surface area contributed by atoms with E-state index in [1.807, 2.05) is 13.1 Å². The zero-order chi connectivity index (χ0) is 13.2. The molecule has 0 aromatic carbocycles. The van der Waals surface area contributed by atoms with Crippen molar-refractivity contribution < 1.29 is 8.42 Å². The molecule has 5 nitrogen and oxygen atoms in total. The predicted molar refractivity (Wildman–Crippen MR) is 71.4 cm³/mol. The van der Waals surface area contributed by atoms with Crippen molar-refractivity contribution >= 4 is 15.7 Å². The third-order valence-corrected chi connectivity index (χ3v) is 4.98. The molecule has 0 saturated carbocycles. The van der Waals surface area contributed by atoms with E-state index in [2.05, 4.69) is 22.2 Å². The number of anilines is 1. The van der Waals surface area contributed by atoms with Crippen LogP contribution in [0.1, 0.15) is 31.2 Å². The van der Waals surface area contributed by atoms with E-state index in [9.17, 15) is 8.42 Å². The molecule has 1 saturated heterocycles. The number of nitrogens with zero attached hydrogens (tertiary/aromatic N) is 2. The Labute approximate surface area is 108 Å². The molecule has 1 aliphatic heterocycles. The minimum absolute atomic E-state index is 0.202. The molecule has 0 aliphatic carbocycles. The minimum Gasteiger partial charge on any atom is -0.367 e. The number of rotatable bonds is 3. The Morgan fingerprint density at radius 1 is 1.39 bits per heavy atom. The molecular weight excluding hydrogens is 250 g/mol. The maximum atomic E-state index is 11.4. The fourth-order valence-corrected chi connectivity index (χ4v) is 3.60. The number of hydrogen-bond acceptors (Lipinski definition) is 5. The van der Waals surface area contributed by atoms with E-state index in [1.165, 1.54) is 0 Å². The highest BCUT2D eigenvalue weighted by Gasteiger charge is 2.24. The van der Waals surface area contributed by atoms with Crippen molar-refractivity contribution in [2.75, 3.05) is 16.8 Å². The zero-order valence-corrected chi connectivity index (χ0v) is 11.6. The van der Waals surface area contributed by atoms with Gasteiger partial charge in [0.25, 0.3) is 0 Å². The van der Waals surface area contributed by atoms with Crippen molar-refractivity contribution in [3.8, 4) is 0 Å². The van der Waals surface area contributed by atoms with Crippen LogP contribution in [0.2, 0.25) is 0 Å². The Morgan fingerprint density at radius 2 is 2.06 bits per heavy atom.